The first-order chi connectivity index (χ1) is 9.51. The molecule has 0 radical (unpaired) electrons. The summed E-state index contributed by atoms with van der Waals surface area (Å²) in [6, 6.07) is 3.99. The molecule has 0 bridgehead atoms. The molecule has 1 aromatic rings. The van der Waals surface area contributed by atoms with E-state index in [1.807, 2.05) is 26.0 Å². The summed E-state index contributed by atoms with van der Waals surface area (Å²) in [5, 5.41) is 20.0. The van der Waals surface area contributed by atoms with Crippen LogP contribution in [-0.2, 0) is 0 Å². The minimum Gasteiger partial charge on any atom is -0.496 e. The zero-order valence-electron chi connectivity index (χ0n) is 12.6. The number of aliphatic hydroxyl groups is 2. The third kappa shape index (κ3) is 3.51. The number of methoxy groups -OCH3 is 1. The lowest BCUT2D eigenvalue weighted by Crippen LogP contribution is -2.38. The van der Waals surface area contributed by atoms with E-state index in [-0.39, 0.29) is 6.10 Å². The van der Waals surface area contributed by atoms with Crippen LogP contribution >= 0.6 is 0 Å². The van der Waals surface area contributed by atoms with Crippen LogP contribution in [0.15, 0.2) is 12.1 Å². The molecule has 112 valence electrons. The molecule has 2 N–H and O–H groups in total. The van der Waals surface area contributed by atoms with Gasteiger partial charge < -0.3 is 19.8 Å². The van der Waals surface area contributed by atoms with E-state index in [9.17, 15) is 10.2 Å². The van der Waals surface area contributed by atoms with Crippen molar-refractivity contribution in [1.29, 1.82) is 0 Å². The lowest BCUT2D eigenvalue weighted by Gasteiger charge is -2.31. The summed E-state index contributed by atoms with van der Waals surface area (Å²) in [6.07, 6.45) is 0.934. The Labute approximate surface area is 121 Å². The van der Waals surface area contributed by atoms with E-state index >= 15 is 0 Å². The fraction of sp³-hybridized carbons (Fsp3) is 0.625. The quantitative estimate of drug-likeness (QED) is 0.882. The number of hydrogen-bond donors (Lipinski definition) is 2. The number of aliphatic hydroxyl groups excluding tert-OH is 2. The molecule has 0 aliphatic carbocycles. The summed E-state index contributed by atoms with van der Waals surface area (Å²) >= 11 is 0. The first kappa shape index (κ1) is 15.3. The highest BCUT2D eigenvalue weighted by Crippen LogP contribution is 2.27. The average Bonchev–Trinajstić information content (AvgIpc) is 2.43. The fourth-order valence-electron chi connectivity index (χ4n) is 2.84. The second-order valence-corrected chi connectivity index (χ2v) is 5.73. The van der Waals surface area contributed by atoms with Crippen LogP contribution in [0.3, 0.4) is 0 Å². The van der Waals surface area contributed by atoms with Gasteiger partial charge in [-0.2, -0.15) is 0 Å². The van der Waals surface area contributed by atoms with Crippen LogP contribution in [0.4, 0.5) is 0 Å². The highest BCUT2D eigenvalue weighted by atomic mass is 16.5. The molecule has 1 fully saturated rings. The third-order valence-corrected chi connectivity index (χ3v) is 4.13. The summed E-state index contributed by atoms with van der Waals surface area (Å²) in [5.41, 5.74) is 3.06. The van der Waals surface area contributed by atoms with E-state index in [4.69, 9.17) is 4.74 Å². The van der Waals surface area contributed by atoms with Crippen molar-refractivity contribution in [2.24, 2.45) is 0 Å². The first-order valence-corrected chi connectivity index (χ1v) is 7.25. The molecule has 0 aromatic heterocycles. The normalized spacial score (nSPS) is 19.1. The third-order valence-electron chi connectivity index (χ3n) is 4.13. The minimum atomic E-state index is -0.491. The molecule has 1 unspecified atom stereocenters. The Bertz CT molecular complexity index is 453. The van der Waals surface area contributed by atoms with Crippen LogP contribution in [0.5, 0.6) is 5.75 Å². The van der Waals surface area contributed by atoms with Gasteiger partial charge in [-0.05, 0) is 55.5 Å². The average molecular weight is 279 g/mol. The topological polar surface area (TPSA) is 52.9 Å². The number of likely N-dealkylation sites (tertiary alicyclic amines) is 1. The van der Waals surface area contributed by atoms with Crippen molar-refractivity contribution in [1.82, 2.24) is 4.90 Å². The van der Waals surface area contributed by atoms with Crippen LogP contribution in [0, 0.1) is 13.8 Å². The maximum atomic E-state index is 10.5. The number of piperidine rings is 1. The molecule has 0 amide bonds. The zero-order chi connectivity index (χ0) is 14.7. The van der Waals surface area contributed by atoms with E-state index in [0.29, 0.717) is 6.54 Å². The summed E-state index contributed by atoms with van der Waals surface area (Å²) < 4.78 is 5.30. The number of β-amino-alcohol motifs (C(OH)–C–C–N with tert-alkyl or cyclic N) is 1. The van der Waals surface area contributed by atoms with Crippen LogP contribution in [0.2, 0.25) is 0 Å². The molecule has 1 saturated heterocycles. The van der Waals surface area contributed by atoms with Crippen LogP contribution in [0.25, 0.3) is 0 Å². The van der Waals surface area contributed by atoms with E-state index in [2.05, 4.69) is 4.90 Å². The van der Waals surface area contributed by atoms with Gasteiger partial charge in [0.05, 0.1) is 19.3 Å². The largest absolute Gasteiger partial charge is 0.496 e. The molecule has 1 atom stereocenters. The summed E-state index contributed by atoms with van der Waals surface area (Å²) in [5.74, 6) is 0.861. The van der Waals surface area contributed by atoms with Gasteiger partial charge in [-0.25, -0.2) is 0 Å². The van der Waals surface area contributed by atoms with Gasteiger partial charge in [0.1, 0.15) is 5.75 Å². The number of nitrogens with zero attached hydrogens (tertiary/aromatic N) is 1. The first-order valence-electron chi connectivity index (χ1n) is 7.25. The van der Waals surface area contributed by atoms with E-state index in [1.54, 1.807) is 7.11 Å². The second-order valence-electron chi connectivity index (χ2n) is 5.73. The molecule has 1 aliphatic rings. The standard InChI is InChI=1S/C16H25NO3/c1-11-9-16(20-3)12(2)8-14(11)15(19)10-17-6-4-13(18)5-7-17/h8-9,13,15,18-19H,4-7,10H2,1-3H3. The Balaban J connectivity index is 2.05. The van der Waals surface area contributed by atoms with Gasteiger partial charge in [-0.15, -0.1) is 0 Å². The van der Waals surface area contributed by atoms with Gasteiger partial charge in [0, 0.05) is 19.6 Å². The Hall–Kier alpha value is -1.10. The van der Waals surface area contributed by atoms with Crippen LogP contribution in [0.1, 0.15) is 35.6 Å². The van der Waals surface area contributed by atoms with Crippen molar-refractivity contribution in [3.8, 4) is 5.75 Å². The van der Waals surface area contributed by atoms with E-state index < -0.39 is 6.10 Å². The number of aryl methyl sites for hydroxylation is 2. The van der Waals surface area contributed by atoms with Crippen molar-refractivity contribution in [2.75, 3.05) is 26.7 Å². The van der Waals surface area contributed by atoms with E-state index in [0.717, 1.165) is 48.4 Å². The second kappa shape index (κ2) is 6.57. The molecular weight excluding hydrogens is 254 g/mol. The van der Waals surface area contributed by atoms with Crippen LogP contribution < -0.4 is 4.74 Å². The zero-order valence-corrected chi connectivity index (χ0v) is 12.6. The van der Waals surface area contributed by atoms with Gasteiger partial charge in [-0.1, -0.05) is 0 Å². The number of benzene rings is 1. The molecule has 4 heteroatoms. The highest BCUT2D eigenvalue weighted by Gasteiger charge is 2.21. The van der Waals surface area contributed by atoms with Gasteiger partial charge in [0.25, 0.3) is 0 Å². The molecular formula is C16H25NO3. The molecule has 0 saturated carbocycles. The number of ether oxygens (including phenoxy) is 1. The maximum Gasteiger partial charge on any atom is 0.122 e. The summed E-state index contributed by atoms with van der Waals surface area (Å²) in [7, 11) is 1.66. The van der Waals surface area contributed by atoms with Crippen LogP contribution in [-0.4, -0.2) is 48.0 Å². The van der Waals surface area contributed by atoms with Gasteiger partial charge in [0.2, 0.25) is 0 Å². The van der Waals surface area contributed by atoms with Gasteiger partial charge >= 0.3 is 0 Å². The molecule has 0 spiro atoms. The van der Waals surface area contributed by atoms with Gasteiger partial charge in [-0.3, -0.25) is 0 Å². The lowest BCUT2D eigenvalue weighted by molar-refractivity contribution is 0.0506. The molecule has 1 aromatic carbocycles. The Morgan fingerprint density at radius 2 is 1.90 bits per heavy atom. The number of rotatable bonds is 4. The molecule has 20 heavy (non-hydrogen) atoms. The smallest absolute Gasteiger partial charge is 0.122 e. The van der Waals surface area contributed by atoms with Crippen molar-refractivity contribution >= 4 is 0 Å². The fourth-order valence-corrected chi connectivity index (χ4v) is 2.84. The van der Waals surface area contributed by atoms with Gasteiger partial charge in [0.15, 0.2) is 0 Å². The molecule has 1 heterocycles. The predicted octanol–water partition coefficient (Wildman–Crippen LogP) is 1.80. The Kier molecular flexibility index (Phi) is 5.02. The monoisotopic (exact) mass is 279 g/mol. The van der Waals surface area contributed by atoms with Crippen molar-refractivity contribution in [3.63, 3.8) is 0 Å². The van der Waals surface area contributed by atoms with Crippen molar-refractivity contribution < 1.29 is 14.9 Å². The Morgan fingerprint density at radius 3 is 2.50 bits per heavy atom. The highest BCUT2D eigenvalue weighted by molar-refractivity contribution is 5.42. The van der Waals surface area contributed by atoms with Crippen molar-refractivity contribution in [3.05, 3.63) is 28.8 Å². The number of hydrogen-bond acceptors (Lipinski definition) is 4. The molecule has 4 nitrogen and oxygen atoms in total. The maximum absolute atomic E-state index is 10.5. The predicted molar refractivity (Wildman–Crippen MR) is 79.1 cm³/mol. The van der Waals surface area contributed by atoms with Crippen molar-refractivity contribution in [2.45, 2.75) is 38.9 Å². The summed E-state index contributed by atoms with van der Waals surface area (Å²) in [4.78, 5) is 2.22. The Morgan fingerprint density at radius 1 is 1.25 bits per heavy atom. The SMILES string of the molecule is COc1cc(C)c(C(O)CN2CCC(O)CC2)cc1C. The van der Waals surface area contributed by atoms with E-state index in [1.165, 1.54) is 0 Å². The summed E-state index contributed by atoms with van der Waals surface area (Å²) in [6.45, 7) is 6.32. The lowest BCUT2D eigenvalue weighted by atomic mass is 9.98. The minimum absolute atomic E-state index is 0.173. The molecule has 2 rings (SSSR count). The molecule has 1 aliphatic heterocycles.